The molecular formula is C13H15ClN2OS. The normalized spacial score (nSPS) is 12.4. The molecule has 0 aliphatic heterocycles. The van der Waals surface area contributed by atoms with E-state index in [2.05, 4.69) is 4.98 Å². The minimum Gasteiger partial charge on any atom is -0.496 e. The van der Waals surface area contributed by atoms with E-state index < -0.39 is 0 Å². The lowest BCUT2D eigenvalue weighted by molar-refractivity contribution is 0.408. The van der Waals surface area contributed by atoms with Crippen LogP contribution >= 0.6 is 22.9 Å². The number of thiazole rings is 1. The average molecular weight is 283 g/mol. The molecule has 0 aliphatic carbocycles. The third kappa shape index (κ3) is 3.02. The summed E-state index contributed by atoms with van der Waals surface area (Å²) in [4.78, 5) is 4.40. The lowest BCUT2D eigenvalue weighted by Crippen LogP contribution is -2.14. The Hall–Kier alpha value is -1.10. The molecule has 1 atom stereocenters. The zero-order chi connectivity index (χ0) is 13.1. The summed E-state index contributed by atoms with van der Waals surface area (Å²) < 4.78 is 5.31. The second-order valence-electron chi connectivity index (χ2n) is 4.06. The van der Waals surface area contributed by atoms with Crippen LogP contribution in [0.15, 0.2) is 23.6 Å². The van der Waals surface area contributed by atoms with E-state index in [1.165, 1.54) is 0 Å². The van der Waals surface area contributed by atoms with Gasteiger partial charge in [0.25, 0.3) is 0 Å². The molecule has 5 heteroatoms. The van der Waals surface area contributed by atoms with Gasteiger partial charge in [0.1, 0.15) is 5.75 Å². The van der Waals surface area contributed by atoms with E-state index in [4.69, 9.17) is 22.1 Å². The van der Waals surface area contributed by atoms with E-state index in [1.54, 1.807) is 18.4 Å². The van der Waals surface area contributed by atoms with Crippen LogP contribution in [-0.2, 0) is 6.42 Å². The summed E-state index contributed by atoms with van der Waals surface area (Å²) in [6, 6.07) is 5.42. The molecule has 0 fully saturated rings. The first-order valence-electron chi connectivity index (χ1n) is 5.60. The number of methoxy groups -OCH3 is 1. The number of benzene rings is 1. The fraction of sp³-hybridized carbons (Fsp3) is 0.308. The Kier molecular flexibility index (Phi) is 4.22. The van der Waals surface area contributed by atoms with Gasteiger partial charge in [-0.3, -0.25) is 0 Å². The third-order valence-electron chi connectivity index (χ3n) is 2.70. The zero-order valence-electron chi connectivity index (χ0n) is 10.3. The maximum atomic E-state index is 6.16. The van der Waals surface area contributed by atoms with Gasteiger partial charge < -0.3 is 10.5 Å². The molecule has 0 aliphatic rings. The van der Waals surface area contributed by atoms with Crippen LogP contribution in [0.25, 0.3) is 0 Å². The number of aromatic nitrogens is 1. The zero-order valence-corrected chi connectivity index (χ0v) is 11.9. The molecule has 1 heterocycles. The highest BCUT2D eigenvalue weighted by Gasteiger charge is 2.13. The van der Waals surface area contributed by atoms with Crippen LogP contribution in [-0.4, -0.2) is 12.1 Å². The van der Waals surface area contributed by atoms with Crippen LogP contribution in [0.5, 0.6) is 5.75 Å². The molecule has 0 amide bonds. The molecule has 2 rings (SSSR count). The quantitative estimate of drug-likeness (QED) is 0.935. The van der Waals surface area contributed by atoms with Gasteiger partial charge in [0.15, 0.2) is 0 Å². The molecule has 18 heavy (non-hydrogen) atoms. The van der Waals surface area contributed by atoms with Crippen molar-refractivity contribution in [3.63, 3.8) is 0 Å². The van der Waals surface area contributed by atoms with Crippen LogP contribution in [0.4, 0.5) is 0 Å². The second-order valence-corrected chi connectivity index (χ2v) is 5.56. The maximum Gasteiger partial charge on any atom is 0.122 e. The Morgan fingerprint density at radius 1 is 1.50 bits per heavy atom. The highest BCUT2D eigenvalue weighted by Crippen LogP contribution is 2.27. The van der Waals surface area contributed by atoms with Gasteiger partial charge in [-0.25, -0.2) is 4.98 Å². The third-order valence-corrected chi connectivity index (χ3v) is 3.73. The maximum absolute atomic E-state index is 6.16. The van der Waals surface area contributed by atoms with Gasteiger partial charge in [0, 0.05) is 10.4 Å². The summed E-state index contributed by atoms with van der Waals surface area (Å²) >= 11 is 7.61. The van der Waals surface area contributed by atoms with Gasteiger partial charge in [-0.1, -0.05) is 11.6 Å². The Bertz CT molecular complexity index is 542. The first-order valence-corrected chi connectivity index (χ1v) is 6.86. The smallest absolute Gasteiger partial charge is 0.122 e. The highest BCUT2D eigenvalue weighted by atomic mass is 35.5. The molecule has 0 saturated carbocycles. The summed E-state index contributed by atoms with van der Waals surface area (Å²) in [7, 11) is 1.64. The topological polar surface area (TPSA) is 48.1 Å². The minimum absolute atomic E-state index is 0.137. The first kappa shape index (κ1) is 13.3. The van der Waals surface area contributed by atoms with Crippen LogP contribution in [0.2, 0.25) is 5.02 Å². The molecule has 1 aromatic heterocycles. The van der Waals surface area contributed by atoms with Crippen molar-refractivity contribution in [2.45, 2.75) is 19.4 Å². The van der Waals surface area contributed by atoms with E-state index in [0.29, 0.717) is 11.4 Å². The van der Waals surface area contributed by atoms with Gasteiger partial charge in [-0.2, -0.15) is 0 Å². The first-order chi connectivity index (χ1) is 8.60. The summed E-state index contributed by atoms with van der Waals surface area (Å²) in [6.45, 7) is 1.97. The molecule has 0 radical (unpaired) electrons. The van der Waals surface area contributed by atoms with Crippen LogP contribution < -0.4 is 10.5 Å². The number of nitrogens with two attached hydrogens (primary N) is 1. The van der Waals surface area contributed by atoms with Crippen LogP contribution in [0.3, 0.4) is 0 Å². The molecule has 0 bridgehead atoms. The molecule has 0 saturated heterocycles. The molecular weight excluding hydrogens is 268 g/mol. The SMILES string of the molecule is COc1ccc(Cl)cc1CC(N)c1csc(C)n1. The van der Waals surface area contributed by atoms with Crippen LogP contribution in [0, 0.1) is 6.92 Å². The summed E-state index contributed by atoms with van der Waals surface area (Å²) in [5.41, 5.74) is 8.08. The van der Waals surface area contributed by atoms with Gasteiger partial charge in [0.2, 0.25) is 0 Å². The average Bonchev–Trinajstić information content (AvgIpc) is 2.76. The Labute approximate surface area is 116 Å². The molecule has 96 valence electrons. The fourth-order valence-electron chi connectivity index (χ4n) is 1.80. The van der Waals surface area contributed by atoms with Crippen molar-refractivity contribution >= 4 is 22.9 Å². The highest BCUT2D eigenvalue weighted by molar-refractivity contribution is 7.09. The minimum atomic E-state index is -0.137. The Morgan fingerprint density at radius 3 is 2.89 bits per heavy atom. The number of ether oxygens (including phenoxy) is 1. The van der Waals surface area contributed by atoms with Crippen molar-refractivity contribution in [1.29, 1.82) is 0 Å². The second kappa shape index (κ2) is 5.69. The van der Waals surface area contributed by atoms with Crippen molar-refractivity contribution < 1.29 is 4.74 Å². The van der Waals surface area contributed by atoms with E-state index in [0.717, 1.165) is 22.0 Å². The van der Waals surface area contributed by atoms with Crippen molar-refractivity contribution in [3.05, 3.63) is 44.9 Å². The van der Waals surface area contributed by atoms with E-state index in [9.17, 15) is 0 Å². The largest absolute Gasteiger partial charge is 0.496 e. The molecule has 2 aromatic rings. The van der Waals surface area contributed by atoms with Gasteiger partial charge in [-0.05, 0) is 37.1 Å². The predicted molar refractivity (Wildman–Crippen MR) is 75.5 cm³/mol. The molecule has 1 unspecified atom stereocenters. The fourth-order valence-corrected chi connectivity index (χ4v) is 2.67. The van der Waals surface area contributed by atoms with Crippen molar-refractivity contribution in [2.24, 2.45) is 5.73 Å². The number of rotatable bonds is 4. The Morgan fingerprint density at radius 2 is 2.28 bits per heavy atom. The number of aryl methyl sites for hydroxylation is 1. The van der Waals surface area contributed by atoms with Gasteiger partial charge >= 0.3 is 0 Å². The van der Waals surface area contributed by atoms with E-state index in [-0.39, 0.29) is 6.04 Å². The summed E-state index contributed by atoms with van der Waals surface area (Å²) in [5, 5.41) is 3.71. The number of halogens is 1. The molecule has 2 N–H and O–H groups in total. The van der Waals surface area contributed by atoms with E-state index in [1.807, 2.05) is 30.5 Å². The molecule has 0 spiro atoms. The number of nitrogens with zero attached hydrogens (tertiary/aromatic N) is 1. The van der Waals surface area contributed by atoms with Crippen molar-refractivity contribution in [2.75, 3.05) is 7.11 Å². The number of hydrogen-bond acceptors (Lipinski definition) is 4. The summed E-state index contributed by atoms with van der Waals surface area (Å²) in [6.07, 6.45) is 0.660. The molecule has 1 aromatic carbocycles. The van der Waals surface area contributed by atoms with E-state index >= 15 is 0 Å². The molecule has 3 nitrogen and oxygen atoms in total. The standard InChI is InChI=1S/C13H15ClN2OS/c1-8-16-12(7-18-8)11(15)6-9-5-10(14)3-4-13(9)17-2/h3-5,7,11H,6,15H2,1-2H3. The van der Waals surface area contributed by atoms with Gasteiger partial charge in [0.05, 0.1) is 23.9 Å². The number of hydrogen-bond donors (Lipinski definition) is 1. The summed E-state index contributed by atoms with van der Waals surface area (Å²) in [5.74, 6) is 0.807. The van der Waals surface area contributed by atoms with Gasteiger partial charge in [-0.15, -0.1) is 11.3 Å². The predicted octanol–water partition coefficient (Wildman–Crippen LogP) is 3.36. The van der Waals surface area contributed by atoms with Crippen molar-refractivity contribution in [3.8, 4) is 5.75 Å². The van der Waals surface area contributed by atoms with Crippen LogP contribution in [0.1, 0.15) is 22.3 Å². The van der Waals surface area contributed by atoms with Crippen molar-refractivity contribution in [1.82, 2.24) is 4.98 Å². The monoisotopic (exact) mass is 282 g/mol. The Balaban J connectivity index is 2.20. The lowest BCUT2D eigenvalue weighted by atomic mass is 10.0. The lowest BCUT2D eigenvalue weighted by Gasteiger charge is -2.13.